The van der Waals surface area contributed by atoms with Crippen LogP contribution in [0.25, 0.3) is 0 Å². The zero-order valence-corrected chi connectivity index (χ0v) is 15.6. The van der Waals surface area contributed by atoms with Crippen LogP contribution in [0.1, 0.15) is 23.5 Å². The van der Waals surface area contributed by atoms with E-state index in [1.165, 1.54) is 0 Å². The molecule has 132 valence electrons. The molecule has 1 aliphatic rings. The van der Waals surface area contributed by atoms with Gasteiger partial charge in [-0.25, -0.2) is 0 Å². The molecule has 1 saturated heterocycles. The maximum absolute atomic E-state index is 6.35. The summed E-state index contributed by atoms with van der Waals surface area (Å²) in [5.41, 5.74) is 2.86. The number of aromatic amines is 1. The molecular weight excluding hydrogens is 368 g/mol. The Morgan fingerprint density at radius 3 is 2.73 bits per heavy atom. The number of ether oxygens (including phenoxy) is 1. The summed E-state index contributed by atoms with van der Waals surface area (Å²) in [5.74, 6) is 0.631. The van der Waals surface area contributed by atoms with E-state index in [4.69, 9.17) is 28.6 Å². The third-order valence-electron chi connectivity index (χ3n) is 4.45. The number of pyridine rings is 1. The van der Waals surface area contributed by atoms with Crippen LogP contribution >= 0.6 is 23.8 Å². The topological polar surface area (TPSA) is 53.2 Å². The number of methoxy groups -OCH3 is 1. The molecule has 0 amide bonds. The number of anilines is 1. The average molecular weight is 385 g/mol. The minimum Gasteiger partial charge on any atom is -0.495 e. The van der Waals surface area contributed by atoms with Crippen LogP contribution in [0.15, 0.2) is 60.9 Å². The normalized spacial score (nSPS) is 19.5. The summed E-state index contributed by atoms with van der Waals surface area (Å²) < 4.78 is 5.26. The molecule has 2 atom stereocenters. The number of H-pyrrole nitrogens is 1. The largest absolute Gasteiger partial charge is 0.495 e. The Bertz CT molecular complexity index is 917. The molecule has 3 aromatic rings. The lowest BCUT2D eigenvalue weighted by molar-refractivity contribution is 0.415. The minimum atomic E-state index is -0.0803. The van der Waals surface area contributed by atoms with E-state index in [1.807, 2.05) is 54.7 Å². The van der Waals surface area contributed by atoms with Gasteiger partial charge in [-0.15, -0.1) is 0 Å². The maximum Gasteiger partial charge on any atom is 0.174 e. The van der Waals surface area contributed by atoms with Crippen molar-refractivity contribution in [1.29, 1.82) is 0 Å². The van der Waals surface area contributed by atoms with Crippen molar-refractivity contribution in [2.24, 2.45) is 0 Å². The summed E-state index contributed by atoms with van der Waals surface area (Å²) in [6, 6.07) is 15.4. The highest BCUT2D eigenvalue weighted by Crippen LogP contribution is 2.42. The second kappa shape index (κ2) is 6.97. The van der Waals surface area contributed by atoms with Crippen LogP contribution < -0.4 is 15.0 Å². The molecular formula is C19H17ClN4OS. The molecule has 4 rings (SSSR count). The molecule has 0 radical (unpaired) electrons. The van der Waals surface area contributed by atoms with Gasteiger partial charge in [-0.2, -0.15) is 0 Å². The predicted molar refractivity (Wildman–Crippen MR) is 107 cm³/mol. The highest BCUT2D eigenvalue weighted by atomic mass is 35.5. The number of benzene rings is 1. The SMILES string of the molecule is COc1ccc(N2C(=S)N[C@H](c3ccccn3)[C@H]2c2ccc[nH]2)cc1Cl. The lowest BCUT2D eigenvalue weighted by atomic mass is 10.0. The van der Waals surface area contributed by atoms with Gasteiger partial charge in [0.05, 0.1) is 23.9 Å². The van der Waals surface area contributed by atoms with E-state index in [9.17, 15) is 0 Å². The van der Waals surface area contributed by atoms with Crippen LogP contribution in [-0.2, 0) is 0 Å². The van der Waals surface area contributed by atoms with Gasteiger partial charge in [0.2, 0.25) is 0 Å². The van der Waals surface area contributed by atoms with Crippen LogP contribution in [-0.4, -0.2) is 22.2 Å². The summed E-state index contributed by atoms with van der Waals surface area (Å²) >= 11 is 12.0. The van der Waals surface area contributed by atoms with Crippen molar-refractivity contribution >= 4 is 34.6 Å². The molecule has 5 nitrogen and oxygen atoms in total. The molecule has 0 aliphatic carbocycles. The number of aromatic nitrogens is 2. The zero-order chi connectivity index (χ0) is 18.1. The summed E-state index contributed by atoms with van der Waals surface area (Å²) in [6.45, 7) is 0. The number of hydrogen-bond acceptors (Lipinski definition) is 3. The fourth-order valence-corrected chi connectivity index (χ4v) is 3.88. The Balaban J connectivity index is 1.80. The van der Waals surface area contributed by atoms with E-state index >= 15 is 0 Å². The lowest BCUT2D eigenvalue weighted by Gasteiger charge is -2.27. The van der Waals surface area contributed by atoms with Gasteiger partial charge in [0.25, 0.3) is 0 Å². The van der Waals surface area contributed by atoms with Crippen molar-refractivity contribution in [3.63, 3.8) is 0 Å². The number of thiocarbonyl (C=S) groups is 1. The van der Waals surface area contributed by atoms with Gasteiger partial charge in [-0.05, 0) is 54.7 Å². The predicted octanol–water partition coefficient (Wildman–Crippen LogP) is 4.25. The van der Waals surface area contributed by atoms with Crippen LogP contribution in [0.4, 0.5) is 5.69 Å². The van der Waals surface area contributed by atoms with E-state index in [2.05, 4.69) is 20.2 Å². The second-order valence-electron chi connectivity index (χ2n) is 5.94. The van der Waals surface area contributed by atoms with Gasteiger partial charge in [0.1, 0.15) is 11.8 Å². The maximum atomic E-state index is 6.35. The smallest absolute Gasteiger partial charge is 0.174 e. The van der Waals surface area contributed by atoms with E-state index in [-0.39, 0.29) is 12.1 Å². The fourth-order valence-electron chi connectivity index (χ4n) is 3.28. The molecule has 0 bridgehead atoms. The first-order valence-corrected chi connectivity index (χ1v) is 8.95. The molecule has 0 saturated carbocycles. The standard InChI is InChI=1S/C19H17ClN4OS/c1-25-16-8-7-12(11-13(16)20)24-18(15-6-4-10-22-15)17(23-19(24)26)14-5-2-3-9-21-14/h2-11,17-18,22H,1H3,(H,23,26)/t17-,18-/m1/s1. The first-order chi connectivity index (χ1) is 12.7. The summed E-state index contributed by atoms with van der Waals surface area (Å²) in [6.07, 6.45) is 3.70. The molecule has 1 fully saturated rings. The molecule has 1 aromatic carbocycles. The number of nitrogens with one attached hydrogen (secondary N) is 2. The molecule has 26 heavy (non-hydrogen) atoms. The lowest BCUT2D eigenvalue weighted by Crippen LogP contribution is -2.29. The first kappa shape index (κ1) is 16.9. The summed E-state index contributed by atoms with van der Waals surface area (Å²) in [7, 11) is 1.60. The number of halogens is 1. The van der Waals surface area contributed by atoms with E-state index in [0.29, 0.717) is 15.9 Å². The van der Waals surface area contributed by atoms with Crippen LogP contribution in [0.5, 0.6) is 5.75 Å². The molecule has 0 spiro atoms. The molecule has 0 unspecified atom stereocenters. The molecule has 3 heterocycles. The van der Waals surface area contributed by atoms with Crippen molar-refractivity contribution < 1.29 is 4.74 Å². The minimum absolute atomic E-state index is 0.0724. The quantitative estimate of drug-likeness (QED) is 0.658. The van der Waals surface area contributed by atoms with Crippen molar-refractivity contribution in [1.82, 2.24) is 15.3 Å². The van der Waals surface area contributed by atoms with Gasteiger partial charge in [-0.1, -0.05) is 17.7 Å². The molecule has 7 heteroatoms. The van der Waals surface area contributed by atoms with Gasteiger partial charge >= 0.3 is 0 Å². The first-order valence-electron chi connectivity index (χ1n) is 8.16. The average Bonchev–Trinajstić information content (AvgIpc) is 3.30. The monoisotopic (exact) mass is 384 g/mol. The van der Waals surface area contributed by atoms with Crippen molar-refractivity contribution in [2.45, 2.75) is 12.1 Å². The number of nitrogens with zero attached hydrogens (tertiary/aromatic N) is 2. The van der Waals surface area contributed by atoms with E-state index < -0.39 is 0 Å². The molecule has 2 aromatic heterocycles. The Morgan fingerprint density at radius 1 is 1.19 bits per heavy atom. The van der Waals surface area contributed by atoms with Gasteiger partial charge < -0.3 is 19.9 Å². The summed E-state index contributed by atoms with van der Waals surface area (Å²) in [5, 5.41) is 4.57. The van der Waals surface area contributed by atoms with Gasteiger partial charge in [-0.3, -0.25) is 4.98 Å². The highest BCUT2D eigenvalue weighted by Gasteiger charge is 2.41. The Morgan fingerprint density at radius 2 is 2.08 bits per heavy atom. The fraction of sp³-hybridized carbons (Fsp3) is 0.158. The Labute approximate surface area is 162 Å². The Kier molecular flexibility index (Phi) is 4.53. The molecule has 1 aliphatic heterocycles. The van der Waals surface area contributed by atoms with Gasteiger partial charge in [0, 0.05) is 23.8 Å². The van der Waals surface area contributed by atoms with Gasteiger partial charge in [0.15, 0.2) is 5.11 Å². The third kappa shape index (κ3) is 2.91. The van der Waals surface area contributed by atoms with Crippen molar-refractivity contribution in [3.8, 4) is 5.75 Å². The van der Waals surface area contributed by atoms with Crippen LogP contribution in [0, 0.1) is 0 Å². The number of rotatable bonds is 4. The van der Waals surface area contributed by atoms with E-state index in [1.54, 1.807) is 13.3 Å². The Hall–Kier alpha value is -2.57. The zero-order valence-electron chi connectivity index (χ0n) is 14.0. The van der Waals surface area contributed by atoms with Crippen molar-refractivity contribution in [2.75, 3.05) is 12.0 Å². The molecule has 2 N–H and O–H groups in total. The van der Waals surface area contributed by atoms with Crippen LogP contribution in [0.2, 0.25) is 5.02 Å². The number of hydrogen-bond donors (Lipinski definition) is 2. The van der Waals surface area contributed by atoms with Crippen LogP contribution in [0.3, 0.4) is 0 Å². The van der Waals surface area contributed by atoms with Crippen molar-refractivity contribution in [3.05, 3.63) is 77.3 Å². The third-order valence-corrected chi connectivity index (χ3v) is 5.06. The highest BCUT2D eigenvalue weighted by molar-refractivity contribution is 7.80. The second-order valence-corrected chi connectivity index (χ2v) is 6.73. The summed E-state index contributed by atoms with van der Waals surface area (Å²) in [4.78, 5) is 9.89. The van der Waals surface area contributed by atoms with E-state index in [0.717, 1.165) is 17.1 Å².